The van der Waals surface area contributed by atoms with Gasteiger partial charge in [-0.15, -0.1) is 0 Å². The zero-order valence-corrected chi connectivity index (χ0v) is 12.0. The summed E-state index contributed by atoms with van der Waals surface area (Å²) in [5, 5.41) is 3.38. The number of rotatable bonds is 1. The maximum atomic E-state index is 12.3. The Morgan fingerprint density at radius 1 is 1.05 bits per heavy atom. The zero-order chi connectivity index (χ0) is 14.4. The monoisotopic (exact) mass is 328 g/mol. The highest BCUT2D eigenvalue weighted by Gasteiger charge is 2.12. The van der Waals surface area contributed by atoms with Crippen LogP contribution in [0.25, 0.3) is 16.7 Å². The van der Waals surface area contributed by atoms with Crippen molar-refractivity contribution in [3.63, 3.8) is 0 Å². The van der Waals surface area contributed by atoms with Gasteiger partial charge in [-0.25, -0.2) is 4.68 Å². The first-order valence-corrected chi connectivity index (χ1v) is 6.56. The minimum absolute atomic E-state index is 0.0832. The van der Waals surface area contributed by atoms with Crippen LogP contribution in [0.3, 0.4) is 0 Å². The maximum Gasteiger partial charge on any atom is 0.295 e. The Hall–Kier alpha value is -1.83. The van der Waals surface area contributed by atoms with Crippen LogP contribution in [-0.4, -0.2) is 19.7 Å². The van der Waals surface area contributed by atoms with Crippen LogP contribution in [0.2, 0.25) is 10.0 Å². The van der Waals surface area contributed by atoms with Crippen LogP contribution in [-0.2, 0) is 0 Å². The number of aromatic amines is 3. The second-order valence-electron chi connectivity index (χ2n) is 4.01. The Morgan fingerprint density at radius 2 is 1.80 bits per heavy atom. The fourth-order valence-electron chi connectivity index (χ4n) is 1.83. The van der Waals surface area contributed by atoms with Gasteiger partial charge in [0.25, 0.3) is 11.1 Å². The van der Waals surface area contributed by atoms with Gasteiger partial charge in [0.1, 0.15) is 11.0 Å². The highest BCUT2D eigenvalue weighted by molar-refractivity contribution is 7.71. The lowest BCUT2D eigenvalue weighted by Crippen LogP contribution is -2.15. The molecule has 0 saturated heterocycles. The van der Waals surface area contributed by atoms with Crippen molar-refractivity contribution in [3.8, 4) is 5.69 Å². The molecule has 2 heterocycles. The van der Waals surface area contributed by atoms with E-state index in [9.17, 15) is 9.59 Å². The Bertz CT molecular complexity index is 998. The molecule has 0 unspecified atom stereocenters. The van der Waals surface area contributed by atoms with Crippen molar-refractivity contribution in [2.75, 3.05) is 0 Å². The largest absolute Gasteiger partial charge is 0.326 e. The number of H-pyrrole nitrogens is 3. The third-order valence-corrected chi connectivity index (χ3v) is 3.69. The lowest BCUT2D eigenvalue weighted by molar-refractivity contribution is 0.861. The van der Waals surface area contributed by atoms with Crippen LogP contribution in [0.4, 0.5) is 0 Å². The molecule has 0 bridgehead atoms. The first-order chi connectivity index (χ1) is 9.47. The van der Waals surface area contributed by atoms with Crippen molar-refractivity contribution in [1.82, 2.24) is 19.7 Å². The second-order valence-corrected chi connectivity index (χ2v) is 5.23. The summed E-state index contributed by atoms with van der Waals surface area (Å²) in [4.78, 5) is 29.0. The molecule has 9 heteroatoms. The molecule has 0 saturated carbocycles. The third-order valence-electron chi connectivity index (χ3n) is 2.74. The first-order valence-electron chi connectivity index (χ1n) is 5.40. The average Bonchev–Trinajstić information content (AvgIpc) is 2.71. The van der Waals surface area contributed by atoms with E-state index >= 15 is 0 Å². The summed E-state index contributed by atoms with van der Waals surface area (Å²) < 4.78 is 1.27. The fourth-order valence-corrected chi connectivity index (χ4v) is 2.32. The van der Waals surface area contributed by atoms with Gasteiger partial charge in [0.2, 0.25) is 0 Å². The minimum Gasteiger partial charge on any atom is -0.326 e. The zero-order valence-electron chi connectivity index (χ0n) is 9.66. The third kappa shape index (κ3) is 2.00. The molecule has 1 aromatic carbocycles. The number of nitrogens with zero attached hydrogens (tertiary/aromatic N) is 1. The standard InChI is InChI=1S/C11H6Cl2N4O2S/c12-5-2-1-4(3-6(5)13)17-10(19)8-7(16-17)9(18)15-11(20)14-8/h1-3,16H,(H2,14,15,18,20). The van der Waals surface area contributed by atoms with Crippen LogP contribution in [0.15, 0.2) is 27.8 Å². The lowest BCUT2D eigenvalue weighted by atomic mass is 10.3. The van der Waals surface area contributed by atoms with Crippen molar-refractivity contribution in [1.29, 1.82) is 0 Å². The minimum atomic E-state index is -0.473. The maximum absolute atomic E-state index is 12.3. The van der Waals surface area contributed by atoms with Crippen molar-refractivity contribution in [2.45, 2.75) is 0 Å². The molecule has 0 fully saturated rings. The molecular formula is C11H6Cl2N4O2S. The summed E-state index contributed by atoms with van der Waals surface area (Å²) in [6, 6.07) is 4.68. The topological polar surface area (TPSA) is 86.4 Å². The quantitative estimate of drug-likeness (QED) is 0.599. The van der Waals surface area contributed by atoms with Crippen molar-refractivity contribution >= 4 is 46.5 Å². The van der Waals surface area contributed by atoms with Crippen LogP contribution >= 0.6 is 35.4 Å². The smallest absolute Gasteiger partial charge is 0.295 e. The molecule has 0 amide bonds. The molecule has 0 aliphatic heterocycles. The summed E-state index contributed by atoms with van der Waals surface area (Å²) in [7, 11) is 0. The van der Waals surface area contributed by atoms with E-state index in [1.807, 2.05) is 0 Å². The van der Waals surface area contributed by atoms with E-state index < -0.39 is 11.1 Å². The van der Waals surface area contributed by atoms with Gasteiger partial charge in [0.15, 0.2) is 4.77 Å². The number of nitrogens with one attached hydrogen (secondary N) is 3. The molecule has 6 nitrogen and oxygen atoms in total. The van der Waals surface area contributed by atoms with E-state index in [-0.39, 0.29) is 15.8 Å². The van der Waals surface area contributed by atoms with Crippen LogP contribution in [0, 0.1) is 4.77 Å². The van der Waals surface area contributed by atoms with Gasteiger partial charge in [-0.1, -0.05) is 23.2 Å². The number of halogens is 2. The Balaban J connectivity index is 2.38. The van der Waals surface area contributed by atoms with Crippen LogP contribution in [0.1, 0.15) is 0 Å². The normalized spacial score (nSPS) is 11.1. The number of benzene rings is 1. The average molecular weight is 329 g/mol. The number of fused-ring (bicyclic) bond motifs is 1. The van der Waals surface area contributed by atoms with E-state index in [2.05, 4.69) is 15.1 Å². The molecule has 102 valence electrons. The Kier molecular flexibility index (Phi) is 3.04. The van der Waals surface area contributed by atoms with Gasteiger partial charge in [-0.05, 0) is 30.4 Å². The number of aromatic nitrogens is 4. The second kappa shape index (κ2) is 4.62. The molecule has 3 N–H and O–H groups in total. The molecule has 0 aliphatic rings. The lowest BCUT2D eigenvalue weighted by Gasteiger charge is -2.02. The molecule has 0 aliphatic carbocycles. The predicted molar refractivity (Wildman–Crippen MR) is 79.7 cm³/mol. The van der Waals surface area contributed by atoms with E-state index in [0.29, 0.717) is 15.7 Å². The van der Waals surface area contributed by atoms with Crippen LogP contribution < -0.4 is 11.1 Å². The molecule has 3 rings (SSSR count). The summed E-state index contributed by atoms with van der Waals surface area (Å²) in [5.74, 6) is 0. The molecular weight excluding hydrogens is 323 g/mol. The molecule has 0 radical (unpaired) electrons. The highest BCUT2D eigenvalue weighted by atomic mass is 35.5. The van der Waals surface area contributed by atoms with Crippen LogP contribution in [0.5, 0.6) is 0 Å². The van der Waals surface area contributed by atoms with Crippen molar-refractivity contribution in [3.05, 3.63) is 53.7 Å². The highest BCUT2D eigenvalue weighted by Crippen LogP contribution is 2.23. The van der Waals surface area contributed by atoms with E-state index in [1.54, 1.807) is 12.1 Å². The summed E-state index contributed by atoms with van der Waals surface area (Å²) >= 11 is 16.6. The Labute approximate surface area is 126 Å². The summed E-state index contributed by atoms with van der Waals surface area (Å²) in [6.45, 7) is 0. The van der Waals surface area contributed by atoms with Gasteiger partial charge < -0.3 is 4.98 Å². The van der Waals surface area contributed by atoms with Crippen molar-refractivity contribution in [2.24, 2.45) is 0 Å². The van der Waals surface area contributed by atoms with Gasteiger partial charge in [0, 0.05) is 0 Å². The molecule has 0 spiro atoms. The molecule has 2 aromatic heterocycles. The Morgan fingerprint density at radius 3 is 2.50 bits per heavy atom. The molecule has 0 atom stereocenters. The van der Waals surface area contributed by atoms with E-state index in [0.717, 1.165) is 0 Å². The number of hydrogen-bond donors (Lipinski definition) is 3. The summed E-state index contributed by atoms with van der Waals surface area (Å²) in [5.41, 5.74) is -0.242. The molecule has 3 aromatic rings. The molecule has 20 heavy (non-hydrogen) atoms. The van der Waals surface area contributed by atoms with Gasteiger partial charge in [-0.2, -0.15) is 0 Å². The fraction of sp³-hybridized carbons (Fsp3) is 0. The SMILES string of the molecule is O=c1[nH]c(=S)[nH]c2c(=O)n(-c3ccc(Cl)c(Cl)c3)[nH]c12. The van der Waals surface area contributed by atoms with Gasteiger partial charge in [0.05, 0.1) is 15.7 Å². The van der Waals surface area contributed by atoms with Gasteiger partial charge >= 0.3 is 0 Å². The van der Waals surface area contributed by atoms with E-state index in [1.165, 1.54) is 10.7 Å². The number of hydrogen-bond acceptors (Lipinski definition) is 3. The van der Waals surface area contributed by atoms with Crippen molar-refractivity contribution < 1.29 is 0 Å². The van der Waals surface area contributed by atoms with E-state index in [4.69, 9.17) is 35.4 Å². The van der Waals surface area contributed by atoms with Gasteiger partial charge in [-0.3, -0.25) is 19.7 Å². The first kappa shape index (κ1) is 13.2. The predicted octanol–water partition coefficient (Wildman–Crippen LogP) is 2.37. The summed E-state index contributed by atoms with van der Waals surface area (Å²) in [6.07, 6.45) is 0.